The summed E-state index contributed by atoms with van der Waals surface area (Å²) in [5.74, 6) is -0.552. The van der Waals surface area contributed by atoms with Crippen molar-refractivity contribution in [2.75, 3.05) is 6.54 Å². The van der Waals surface area contributed by atoms with Gasteiger partial charge in [0.15, 0.2) is 5.69 Å². The van der Waals surface area contributed by atoms with Crippen molar-refractivity contribution < 1.29 is 9.18 Å². The van der Waals surface area contributed by atoms with E-state index in [1.165, 1.54) is 12.1 Å². The summed E-state index contributed by atoms with van der Waals surface area (Å²) >= 11 is 0. The lowest BCUT2D eigenvalue weighted by Crippen LogP contribution is -2.25. The molecule has 0 aliphatic rings. The summed E-state index contributed by atoms with van der Waals surface area (Å²) in [5.41, 5.74) is 2.12. The van der Waals surface area contributed by atoms with Crippen LogP contribution in [0.4, 0.5) is 4.39 Å². The van der Waals surface area contributed by atoms with Gasteiger partial charge >= 0.3 is 0 Å². The van der Waals surface area contributed by atoms with Crippen molar-refractivity contribution in [3.63, 3.8) is 0 Å². The van der Waals surface area contributed by atoms with Gasteiger partial charge < -0.3 is 5.32 Å². The number of hydrogen-bond donors (Lipinski definition) is 1. The third-order valence-corrected chi connectivity index (χ3v) is 4.12. The Balaban J connectivity index is 1.51. The number of amides is 1. The third-order valence-electron chi connectivity index (χ3n) is 4.12. The third kappa shape index (κ3) is 4.33. The maximum atomic E-state index is 13.0. The lowest BCUT2D eigenvalue weighted by Gasteiger charge is -2.11. The van der Waals surface area contributed by atoms with Crippen molar-refractivity contribution >= 4 is 5.91 Å². The molecule has 0 aliphatic heterocycles. The summed E-state index contributed by atoms with van der Waals surface area (Å²) < 4.78 is 16.5. The van der Waals surface area contributed by atoms with E-state index < -0.39 is 0 Å². The van der Waals surface area contributed by atoms with Crippen molar-refractivity contribution in [1.29, 1.82) is 0 Å². The molecule has 0 fully saturated rings. The number of rotatable bonds is 7. The van der Waals surface area contributed by atoms with E-state index in [-0.39, 0.29) is 23.5 Å². The quantitative estimate of drug-likeness (QED) is 0.659. The Labute approximate surface area is 150 Å². The van der Waals surface area contributed by atoms with Crippen LogP contribution in [0.3, 0.4) is 0 Å². The van der Waals surface area contributed by atoms with E-state index in [0.29, 0.717) is 6.54 Å². The minimum atomic E-state index is -0.287. The zero-order chi connectivity index (χ0) is 18.5. The smallest absolute Gasteiger partial charge is 0.273 e. The molecule has 136 valence electrons. The standard InChI is InChI=1S/C18H21FN6O/c1-13-8-11-24(22-13)10-3-9-20-18(26)17-12-25(23-21-17)14(2)15-4-6-16(19)7-5-15/h4-8,11-12,14H,3,9-10H2,1-2H3,(H,20,26). The molecule has 0 radical (unpaired) electrons. The van der Waals surface area contributed by atoms with E-state index in [4.69, 9.17) is 0 Å². The number of aromatic nitrogens is 5. The summed E-state index contributed by atoms with van der Waals surface area (Å²) in [6.45, 7) is 5.12. The monoisotopic (exact) mass is 356 g/mol. The van der Waals surface area contributed by atoms with E-state index in [2.05, 4.69) is 20.7 Å². The van der Waals surface area contributed by atoms with Crippen molar-refractivity contribution in [3.05, 3.63) is 65.5 Å². The van der Waals surface area contributed by atoms with Crippen LogP contribution < -0.4 is 5.32 Å². The van der Waals surface area contributed by atoms with Gasteiger partial charge in [-0.3, -0.25) is 9.48 Å². The second-order valence-electron chi connectivity index (χ2n) is 6.14. The molecule has 1 amide bonds. The van der Waals surface area contributed by atoms with Crippen LogP contribution in [0.25, 0.3) is 0 Å². The zero-order valence-corrected chi connectivity index (χ0v) is 14.8. The van der Waals surface area contributed by atoms with E-state index in [1.54, 1.807) is 23.0 Å². The predicted octanol–water partition coefficient (Wildman–Crippen LogP) is 2.35. The maximum Gasteiger partial charge on any atom is 0.273 e. The second kappa shape index (κ2) is 7.90. The van der Waals surface area contributed by atoms with Gasteiger partial charge in [-0.2, -0.15) is 5.10 Å². The molecule has 1 aromatic carbocycles. The molecule has 1 unspecified atom stereocenters. The number of benzene rings is 1. The molecular formula is C18H21FN6O. The second-order valence-corrected chi connectivity index (χ2v) is 6.14. The Hall–Kier alpha value is -3.03. The minimum Gasteiger partial charge on any atom is -0.351 e. The van der Waals surface area contributed by atoms with Crippen LogP contribution in [0.15, 0.2) is 42.7 Å². The molecule has 1 atom stereocenters. The molecule has 7 nitrogen and oxygen atoms in total. The highest BCUT2D eigenvalue weighted by Gasteiger charge is 2.14. The molecule has 0 spiro atoms. The van der Waals surface area contributed by atoms with Crippen LogP contribution >= 0.6 is 0 Å². The Morgan fingerprint density at radius 3 is 2.73 bits per heavy atom. The van der Waals surface area contributed by atoms with Crippen LogP contribution in [0.2, 0.25) is 0 Å². The molecule has 3 aromatic rings. The van der Waals surface area contributed by atoms with Crippen LogP contribution in [-0.2, 0) is 6.54 Å². The number of carbonyl (C=O) groups excluding carboxylic acids is 1. The fraction of sp³-hybridized carbons (Fsp3) is 0.333. The number of halogens is 1. The van der Waals surface area contributed by atoms with Crippen molar-refractivity contribution in [3.8, 4) is 0 Å². The number of nitrogens with one attached hydrogen (secondary N) is 1. The summed E-state index contributed by atoms with van der Waals surface area (Å²) in [6.07, 6.45) is 4.28. The number of hydrogen-bond acceptors (Lipinski definition) is 4. The normalized spacial score (nSPS) is 12.1. The van der Waals surface area contributed by atoms with Gasteiger partial charge in [0.25, 0.3) is 5.91 Å². The van der Waals surface area contributed by atoms with E-state index in [0.717, 1.165) is 24.2 Å². The molecule has 0 saturated carbocycles. The van der Waals surface area contributed by atoms with Gasteiger partial charge in [0, 0.05) is 19.3 Å². The molecule has 0 saturated heterocycles. The first kappa shape index (κ1) is 17.8. The fourth-order valence-electron chi connectivity index (χ4n) is 2.59. The fourth-order valence-corrected chi connectivity index (χ4v) is 2.59. The molecule has 1 N–H and O–H groups in total. The highest BCUT2D eigenvalue weighted by atomic mass is 19.1. The molecule has 26 heavy (non-hydrogen) atoms. The highest BCUT2D eigenvalue weighted by molar-refractivity contribution is 5.91. The Morgan fingerprint density at radius 2 is 2.04 bits per heavy atom. The number of nitrogens with zero attached hydrogens (tertiary/aromatic N) is 5. The number of carbonyl (C=O) groups is 1. The first-order chi connectivity index (χ1) is 12.5. The predicted molar refractivity (Wildman–Crippen MR) is 94.1 cm³/mol. The Morgan fingerprint density at radius 1 is 1.27 bits per heavy atom. The van der Waals surface area contributed by atoms with Crippen molar-refractivity contribution in [1.82, 2.24) is 30.1 Å². The lowest BCUT2D eigenvalue weighted by molar-refractivity contribution is 0.0947. The summed E-state index contributed by atoms with van der Waals surface area (Å²) in [5, 5.41) is 15.1. The number of aryl methyl sites for hydroxylation is 2. The van der Waals surface area contributed by atoms with Crippen LogP contribution in [-0.4, -0.2) is 37.2 Å². The average Bonchev–Trinajstić information content (AvgIpc) is 3.28. The van der Waals surface area contributed by atoms with Gasteiger partial charge in [0.2, 0.25) is 0 Å². The highest BCUT2D eigenvalue weighted by Crippen LogP contribution is 2.17. The van der Waals surface area contributed by atoms with Gasteiger partial charge in [-0.1, -0.05) is 17.3 Å². The van der Waals surface area contributed by atoms with Crippen molar-refractivity contribution in [2.45, 2.75) is 32.9 Å². The molecule has 0 aliphatic carbocycles. The van der Waals surface area contributed by atoms with Crippen LogP contribution in [0.1, 0.15) is 41.1 Å². The van der Waals surface area contributed by atoms with E-state index >= 15 is 0 Å². The first-order valence-electron chi connectivity index (χ1n) is 8.48. The maximum absolute atomic E-state index is 13.0. The largest absolute Gasteiger partial charge is 0.351 e. The molecular weight excluding hydrogens is 335 g/mol. The van der Waals surface area contributed by atoms with Gasteiger partial charge in [-0.15, -0.1) is 5.10 Å². The van der Waals surface area contributed by atoms with E-state index in [9.17, 15) is 9.18 Å². The zero-order valence-electron chi connectivity index (χ0n) is 14.8. The van der Waals surface area contributed by atoms with Gasteiger partial charge in [-0.25, -0.2) is 9.07 Å². The minimum absolute atomic E-state index is 0.146. The average molecular weight is 356 g/mol. The van der Waals surface area contributed by atoms with Crippen molar-refractivity contribution in [2.24, 2.45) is 0 Å². The van der Waals surface area contributed by atoms with Gasteiger partial charge in [0.1, 0.15) is 5.82 Å². The first-order valence-corrected chi connectivity index (χ1v) is 8.48. The van der Waals surface area contributed by atoms with Gasteiger partial charge in [0.05, 0.1) is 17.9 Å². The molecule has 2 aromatic heterocycles. The SMILES string of the molecule is Cc1ccn(CCCNC(=O)c2cn(C(C)c3ccc(F)cc3)nn2)n1. The lowest BCUT2D eigenvalue weighted by atomic mass is 10.1. The topological polar surface area (TPSA) is 77.6 Å². The summed E-state index contributed by atoms with van der Waals surface area (Å²) in [7, 11) is 0. The molecule has 8 heteroatoms. The summed E-state index contributed by atoms with van der Waals surface area (Å²) in [6, 6.07) is 7.98. The van der Waals surface area contributed by atoms with Crippen LogP contribution in [0.5, 0.6) is 0 Å². The Kier molecular flexibility index (Phi) is 5.40. The molecule has 2 heterocycles. The molecule has 0 bridgehead atoms. The summed E-state index contributed by atoms with van der Waals surface area (Å²) in [4.78, 5) is 12.2. The molecule has 3 rings (SSSR count). The van der Waals surface area contributed by atoms with Crippen LogP contribution in [0, 0.1) is 12.7 Å². The van der Waals surface area contributed by atoms with E-state index in [1.807, 2.05) is 30.8 Å². The van der Waals surface area contributed by atoms with Gasteiger partial charge in [-0.05, 0) is 44.0 Å². The Bertz CT molecular complexity index is 870.